The summed E-state index contributed by atoms with van der Waals surface area (Å²) in [5, 5.41) is 3.28. The predicted molar refractivity (Wildman–Crippen MR) is 57.7 cm³/mol. The number of rotatable bonds is 4. The van der Waals surface area contributed by atoms with Crippen LogP contribution in [0.4, 0.5) is 0 Å². The van der Waals surface area contributed by atoms with E-state index in [0.29, 0.717) is 0 Å². The highest BCUT2D eigenvalue weighted by Gasteiger charge is 2.14. The predicted octanol–water partition coefficient (Wildman–Crippen LogP) is 2.68. The van der Waals surface area contributed by atoms with Crippen LogP contribution in [0.1, 0.15) is 22.9 Å². The van der Waals surface area contributed by atoms with Gasteiger partial charge in [0, 0.05) is 11.6 Å². The topological polar surface area (TPSA) is 38.3 Å². The molecule has 0 fully saturated rings. The lowest BCUT2D eigenvalue weighted by atomic mass is 10.0. The third kappa shape index (κ3) is 2.13. The first-order valence-electron chi connectivity index (χ1n) is 5.03. The maximum atomic E-state index is 5.30. The molecule has 0 aliphatic heterocycles. The molecule has 3 heteroatoms. The van der Waals surface area contributed by atoms with Gasteiger partial charge in [0.15, 0.2) is 0 Å². The van der Waals surface area contributed by atoms with Crippen molar-refractivity contribution >= 4 is 0 Å². The van der Waals surface area contributed by atoms with Gasteiger partial charge in [-0.3, -0.25) is 0 Å². The van der Waals surface area contributed by atoms with Crippen LogP contribution in [0.2, 0.25) is 0 Å². The summed E-state index contributed by atoms with van der Waals surface area (Å²) >= 11 is 0. The van der Waals surface area contributed by atoms with Crippen molar-refractivity contribution in [3.8, 4) is 0 Å². The molecule has 1 N–H and O–H groups in total. The van der Waals surface area contributed by atoms with Gasteiger partial charge in [-0.2, -0.15) is 0 Å². The van der Waals surface area contributed by atoms with Crippen LogP contribution in [-0.4, -0.2) is 7.05 Å². The first kappa shape index (κ1) is 10.1. The van der Waals surface area contributed by atoms with Gasteiger partial charge in [0.2, 0.25) is 0 Å². The van der Waals surface area contributed by atoms with Crippen molar-refractivity contribution in [2.45, 2.75) is 19.4 Å². The van der Waals surface area contributed by atoms with E-state index in [1.54, 1.807) is 18.8 Å². The van der Waals surface area contributed by atoms with Gasteiger partial charge in [0.25, 0.3) is 0 Å². The highest BCUT2D eigenvalue weighted by Crippen LogP contribution is 2.22. The molecule has 2 heterocycles. The number of nitrogens with one attached hydrogen (secondary N) is 1. The van der Waals surface area contributed by atoms with E-state index < -0.39 is 0 Å². The molecule has 2 aromatic heterocycles. The van der Waals surface area contributed by atoms with Gasteiger partial charge in [-0.25, -0.2) is 0 Å². The highest BCUT2D eigenvalue weighted by molar-refractivity contribution is 5.23. The number of hydrogen-bond donors (Lipinski definition) is 1. The smallest absolute Gasteiger partial charge is 0.105 e. The Kier molecular flexibility index (Phi) is 2.92. The monoisotopic (exact) mass is 205 g/mol. The number of aryl methyl sites for hydroxylation is 1. The largest absolute Gasteiger partial charge is 0.472 e. The molecule has 3 nitrogen and oxygen atoms in total. The van der Waals surface area contributed by atoms with E-state index in [1.165, 1.54) is 11.1 Å². The SMILES string of the molecule is CNC(Cc1ccoc1)c1ccoc1C. The minimum atomic E-state index is 0.279. The summed E-state index contributed by atoms with van der Waals surface area (Å²) < 4.78 is 10.4. The van der Waals surface area contributed by atoms with Crippen LogP contribution in [-0.2, 0) is 6.42 Å². The fourth-order valence-electron chi connectivity index (χ4n) is 1.77. The molecule has 0 bridgehead atoms. The molecule has 2 rings (SSSR count). The van der Waals surface area contributed by atoms with Gasteiger partial charge in [-0.05, 0) is 38.1 Å². The van der Waals surface area contributed by atoms with Crippen molar-refractivity contribution in [2.75, 3.05) is 7.05 Å². The van der Waals surface area contributed by atoms with E-state index in [-0.39, 0.29) is 6.04 Å². The lowest BCUT2D eigenvalue weighted by Gasteiger charge is -2.14. The van der Waals surface area contributed by atoms with E-state index in [4.69, 9.17) is 8.83 Å². The number of likely N-dealkylation sites (N-methyl/N-ethyl adjacent to an activating group) is 1. The Bertz CT molecular complexity index is 403. The van der Waals surface area contributed by atoms with Gasteiger partial charge in [-0.15, -0.1) is 0 Å². The fourth-order valence-corrected chi connectivity index (χ4v) is 1.77. The van der Waals surface area contributed by atoms with E-state index in [0.717, 1.165) is 12.2 Å². The third-order valence-electron chi connectivity index (χ3n) is 2.64. The van der Waals surface area contributed by atoms with Gasteiger partial charge in [0.1, 0.15) is 5.76 Å². The molecule has 15 heavy (non-hydrogen) atoms. The van der Waals surface area contributed by atoms with Crippen LogP contribution in [0.25, 0.3) is 0 Å². The van der Waals surface area contributed by atoms with Crippen LogP contribution in [0.15, 0.2) is 39.8 Å². The maximum absolute atomic E-state index is 5.30. The van der Waals surface area contributed by atoms with Crippen LogP contribution in [0.3, 0.4) is 0 Å². The Hall–Kier alpha value is -1.48. The molecule has 2 aromatic rings. The van der Waals surface area contributed by atoms with Gasteiger partial charge < -0.3 is 14.2 Å². The molecule has 0 aliphatic carbocycles. The second-order valence-corrected chi connectivity index (χ2v) is 3.61. The number of furan rings is 2. The zero-order valence-electron chi connectivity index (χ0n) is 8.99. The Labute approximate surface area is 89.1 Å². The van der Waals surface area contributed by atoms with Crippen LogP contribution >= 0.6 is 0 Å². The van der Waals surface area contributed by atoms with E-state index in [1.807, 2.05) is 26.1 Å². The van der Waals surface area contributed by atoms with Crippen LogP contribution < -0.4 is 5.32 Å². The Morgan fingerprint density at radius 2 is 2.20 bits per heavy atom. The summed E-state index contributed by atoms with van der Waals surface area (Å²) in [6.07, 6.45) is 6.11. The molecule has 0 spiro atoms. The standard InChI is InChI=1S/C12H15NO2/c1-9-11(4-6-15-9)12(13-2)7-10-3-5-14-8-10/h3-6,8,12-13H,7H2,1-2H3. The third-order valence-corrected chi connectivity index (χ3v) is 2.64. The second kappa shape index (κ2) is 4.36. The van der Waals surface area contributed by atoms with E-state index in [2.05, 4.69) is 5.32 Å². The molecule has 0 radical (unpaired) electrons. The zero-order chi connectivity index (χ0) is 10.7. The second-order valence-electron chi connectivity index (χ2n) is 3.61. The fraction of sp³-hybridized carbons (Fsp3) is 0.333. The van der Waals surface area contributed by atoms with Gasteiger partial charge >= 0.3 is 0 Å². The Morgan fingerprint density at radius 3 is 2.73 bits per heavy atom. The molecule has 0 aromatic carbocycles. The average molecular weight is 205 g/mol. The van der Waals surface area contributed by atoms with Crippen molar-refractivity contribution in [1.29, 1.82) is 0 Å². The normalized spacial score (nSPS) is 12.9. The molecule has 0 aliphatic rings. The van der Waals surface area contributed by atoms with Crippen molar-refractivity contribution in [2.24, 2.45) is 0 Å². The van der Waals surface area contributed by atoms with Crippen molar-refractivity contribution in [1.82, 2.24) is 5.32 Å². The Morgan fingerprint density at radius 1 is 1.33 bits per heavy atom. The molecule has 0 saturated heterocycles. The van der Waals surface area contributed by atoms with Crippen LogP contribution in [0, 0.1) is 6.92 Å². The summed E-state index contributed by atoms with van der Waals surface area (Å²) in [4.78, 5) is 0. The highest BCUT2D eigenvalue weighted by atomic mass is 16.3. The van der Waals surface area contributed by atoms with Crippen molar-refractivity contribution in [3.05, 3.63) is 47.8 Å². The first-order valence-corrected chi connectivity index (χ1v) is 5.03. The molecule has 80 valence electrons. The van der Waals surface area contributed by atoms with Crippen LogP contribution in [0.5, 0.6) is 0 Å². The minimum Gasteiger partial charge on any atom is -0.472 e. The maximum Gasteiger partial charge on any atom is 0.105 e. The minimum absolute atomic E-state index is 0.279. The summed E-state index contributed by atoms with van der Waals surface area (Å²) in [6.45, 7) is 1.98. The lowest BCUT2D eigenvalue weighted by Crippen LogP contribution is -2.18. The van der Waals surface area contributed by atoms with Crippen molar-refractivity contribution in [3.63, 3.8) is 0 Å². The first-order chi connectivity index (χ1) is 7.31. The average Bonchev–Trinajstić information content (AvgIpc) is 2.85. The summed E-state index contributed by atoms with van der Waals surface area (Å²) in [5.41, 5.74) is 2.40. The Balaban J connectivity index is 2.15. The van der Waals surface area contributed by atoms with Gasteiger partial charge in [-0.1, -0.05) is 0 Å². The molecular formula is C12H15NO2. The molecule has 0 amide bonds. The zero-order valence-corrected chi connectivity index (χ0v) is 8.99. The van der Waals surface area contributed by atoms with Gasteiger partial charge in [0.05, 0.1) is 18.8 Å². The quantitative estimate of drug-likeness (QED) is 0.834. The molecule has 1 unspecified atom stereocenters. The summed E-state index contributed by atoms with van der Waals surface area (Å²) in [6, 6.07) is 4.28. The number of hydrogen-bond acceptors (Lipinski definition) is 3. The van der Waals surface area contributed by atoms with E-state index in [9.17, 15) is 0 Å². The summed E-state index contributed by atoms with van der Waals surface area (Å²) in [7, 11) is 1.96. The molecule has 1 atom stereocenters. The lowest BCUT2D eigenvalue weighted by molar-refractivity contribution is 0.510. The summed E-state index contributed by atoms with van der Waals surface area (Å²) in [5.74, 6) is 0.970. The molecule has 0 saturated carbocycles. The molecular weight excluding hydrogens is 190 g/mol. The van der Waals surface area contributed by atoms with E-state index >= 15 is 0 Å². The van der Waals surface area contributed by atoms with Crippen molar-refractivity contribution < 1.29 is 8.83 Å².